The maximum atomic E-state index is 12.5. The number of rotatable bonds is 3. The average molecular weight is 291 g/mol. The van der Waals surface area contributed by atoms with E-state index in [0.29, 0.717) is 0 Å². The van der Waals surface area contributed by atoms with Crippen LogP contribution in [-0.4, -0.2) is 26.1 Å². The Kier molecular flexibility index (Phi) is 3.17. The van der Waals surface area contributed by atoms with Crippen molar-refractivity contribution in [1.82, 2.24) is 0 Å². The number of anilines is 1. The molecular formula is C15H17NO3S. The summed E-state index contributed by atoms with van der Waals surface area (Å²) in [5.74, 6) is 0.0906. The third kappa shape index (κ3) is 2.63. The smallest absolute Gasteiger partial charge is 0.230 e. The molecule has 20 heavy (non-hydrogen) atoms. The molecular weight excluding hydrogens is 274 g/mol. The van der Waals surface area contributed by atoms with Crippen LogP contribution in [0, 0.1) is 12.8 Å². The van der Waals surface area contributed by atoms with Crippen molar-refractivity contribution < 1.29 is 13.2 Å². The Hall–Kier alpha value is -1.62. The minimum atomic E-state index is -3.17. The highest BCUT2D eigenvalue weighted by atomic mass is 32.2. The van der Waals surface area contributed by atoms with E-state index < -0.39 is 9.84 Å². The first-order chi connectivity index (χ1) is 9.46. The van der Waals surface area contributed by atoms with E-state index in [1.807, 2.05) is 31.2 Å². The molecule has 1 aromatic carbocycles. The minimum Gasteiger partial charge on any atom is -0.304 e. The zero-order chi connectivity index (χ0) is 14.3. The Balaban J connectivity index is 1.94. The predicted octanol–water partition coefficient (Wildman–Crippen LogP) is 2.05. The van der Waals surface area contributed by atoms with Crippen molar-refractivity contribution in [3.8, 4) is 0 Å². The lowest BCUT2D eigenvalue weighted by atomic mass is 10.1. The Morgan fingerprint density at radius 1 is 1.20 bits per heavy atom. The van der Waals surface area contributed by atoms with Crippen molar-refractivity contribution in [2.45, 2.75) is 25.8 Å². The summed E-state index contributed by atoms with van der Waals surface area (Å²) in [6.45, 7) is 1.98. The van der Waals surface area contributed by atoms with E-state index in [0.717, 1.165) is 24.1 Å². The van der Waals surface area contributed by atoms with E-state index in [2.05, 4.69) is 0 Å². The van der Waals surface area contributed by atoms with Crippen molar-refractivity contribution in [2.24, 2.45) is 5.92 Å². The van der Waals surface area contributed by atoms with Crippen LogP contribution in [0.25, 0.3) is 0 Å². The SMILES string of the molecule is Cc1ccc(N(C(=O)C2CC2)C2C=CS(=O)(=O)C2)cc1. The van der Waals surface area contributed by atoms with Gasteiger partial charge in [0.2, 0.25) is 5.91 Å². The van der Waals surface area contributed by atoms with Crippen LogP contribution in [0.1, 0.15) is 18.4 Å². The zero-order valence-electron chi connectivity index (χ0n) is 11.3. The molecule has 4 nitrogen and oxygen atoms in total. The van der Waals surface area contributed by atoms with Gasteiger partial charge < -0.3 is 4.90 Å². The molecule has 1 aliphatic heterocycles. The summed E-state index contributed by atoms with van der Waals surface area (Å²) >= 11 is 0. The highest BCUT2D eigenvalue weighted by molar-refractivity contribution is 7.94. The Morgan fingerprint density at radius 3 is 2.35 bits per heavy atom. The van der Waals surface area contributed by atoms with Gasteiger partial charge in [-0.1, -0.05) is 17.7 Å². The van der Waals surface area contributed by atoms with E-state index in [4.69, 9.17) is 0 Å². The molecule has 0 saturated heterocycles. The summed E-state index contributed by atoms with van der Waals surface area (Å²) in [5.41, 5.74) is 1.89. The quantitative estimate of drug-likeness (QED) is 0.856. The van der Waals surface area contributed by atoms with Gasteiger partial charge >= 0.3 is 0 Å². The van der Waals surface area contributed by atoms with Crippen LogP contribution in [-0.2, 0) is 14.6 Å². The van der Waals surface area contributed by atoms with Gasteiger partial charge in [-0.3, -0.25) is 4.79 Å². The molecule has 0 aromatic heterocycles. The van der Waals surface area contributed by atoms with Gasteiger partial charge in [0.05, 0.1) is 11.8 Å². The minimum absolute atomic E-state index is 0.0145. The fourth-order valence-electron chi connectivity index (χ4n) is 2.43. The summed E-state index contributed by atoms with van der Waals surface area (Å²) < 4.78 is 23.2. The maximum Gasteiger partial charge on any atom is 0.230 e. The summed E-state index contributed by atoms with van der Waals surface area (Å²) in [5, 5.41) is 1.22. The molecule has 0 N–H and O–H groups in total. The first kappa shape index (κ1) is 13.4. The summed E-state index contributed by atoms with van der Waals surface area (Å²) in [7, 11) is -3.17. The zero-order valence-corrected chi connectivity index (χ0v) is 12.1. The summed E-state index contributed by atoms with van der Waals surface area (Å²) in [4.78, 5) is 14.1. The largest absolute Gasteiger partial charge is 0.304 e. The highest BCUT2D eigenvalue weighted by Crippen LogP contribution is 2.35. The van der Waals surface area contributed by atoms with Crippen LogP contribution in [0.5, 0.6) is 0 Å². The van der Waals surface area contributed by atoms with E-state index in [9.17, 15) is 13.2 Å². The third-order valence-corrected chi connectivity index (χ3v) is 5.10. The molecule has 1 saturated carbocycles. The first-order valence-electron chi connectivity index (χ1n) is 6.77. The lowest BCUT2D eigenvalue weighted by molar-refractivity contribution is -0.120. The molecule has 1 unspecified atom stereocenters. The highest BCUT2D eigenvalue weighted by Gasteiger charge is 2.39. The topological polar surface area (TPSA) is 54.5 Å². The monoisotopic (exact) mass is 291 g/mol. The average Bonchev–Trinajstić information content (AvgIpc) is 3.17. The normalized spacial score (nSPS) is 23.8. The molecule has 106 valence electrons. The van der Waals surface area contributed by atoms with Gasteiger partial charge in [0, 0.05) is 17.0 Å². The third-order valence-electron chi connectivity index (χ3n) is 3.72. The number of carbonyl (C=O) groups excluding carboxylic acids is 1. The number of aryl methyl sites for hydroxylation is 1. The predicted molar refractivity (Wildman–Crippen MR) is 78.1 cm³/mol. The number of carbonyl (C=O) groups is 1. The Bertz CT molecular complexity index is 657. The van der Waals surface area contributed by atoms with Crippen molar-refractivity contribution in [3.05, 3.63) is 41.3 Å². The van der Waals surface area contributed by atoms with Gasteiger partial charge in [0.25, 0.3) is 0 Å². The fourth-order valence-corrected chi connectivity index (χ4v) is 3.70. The molecule has 1 atom stereocenters. The van der Waals surface area contributed by atoms with Crippen LogP contribution in [0.3, 0.4) is 0 Å². The molecule has 3 rings (SSSR count). The molecule has 1 heterocycles. The molecule has 1 aliphatic carbocycles. The van der Waals surface area contributed by atoms with E-state index in [1.54, 1.807) is 11.0 Å². The first-order valence-corrected chi connectivity index (χ1v) is 8.48. The molecule has 0 bridgehead atoms. The lowest BCUT2D eigenvalue weighted by Crippen LogP contribution is -2.42. The van der Waals surface area contributed by atoms with E-state index in [-0.39, 0.29) is 23.6 Å². The van der Waals surface area contributed by atoms with Gasteiger partial charge in [-0.2, -0.15) is 0 Å². The van der Waals surface area contributed by atoms with Crippen molar-refractivity contribution >= 4 is 21.4 Å². The molecule has 0 spiro atoms. The van der Waals surface area contributed by atoms with Crippen LogP contribution in [0.15, 0.2) is 35.7 Å². The number of hydrogen-bond acceptors (Lipinski definition) is 3. The second-order valence-electron chi connectivity index (χ2n) is 5.54. The fraction of sp³-hybridized carbons (Fsp3) is 0.400. The second-order valence-corrected chi connectivity index (χ2v) is 7.47. The maximum absolute atomic E-state index is 12.5. The van der Waals surface area contributed by atoms with Crippen LogP contribution < -0.4 is 4.90 Å². The molecule has 1 aromatic rings. The lowest BCUT2D eigenvalue weighted by Gasteiger charge is -2.28. The van der Waals surface area contributed by atoms with Crippen molar-refractivity contribution in [2.75, 3.05) is 10.7 Å². The number of hydrogen-bond donors (Lipinski definition) is 0. The van der Waals surface area contributed by atoms with Crippen LogP contribution in [0.4, 0.5) is 5.69 Å². The van der Waals surface area contributed by atoms with E-state index >= 15 is 0 Å². The number of benzene rings is 1. The van der Waals surface area contributed by atoms with Crippen LogP contribution in [0.2, 0.25) is 0 Å². The second kappa shape index (κ2) is 4.74. The Morgan fingerprint density at radius 2 is 1.85 bits per heavy atom. The van der Waals surface area contributed by atoms with Gasteiger partial charge in [0.1, 0.15) is 0 Å². The standard InChI is InChI=1S/C15H17NO3S/c1-11-2-6-13(7-3-11)16(15(17)12-4-5-12)14-8-9-20(18,19)10-14/h2-3,6-9,12,14H,4-5,10H2,1H3. The molecule has 2 aliphatic rings. The van der Waals surface area contributed by atoms with Gasteiger partial charge in [-0.25, -0.2) is 8.42 Å². The Labute approximate surface area is 119 Å². The van der Waals surface area contributed by atoms with Gasteiger partial charge in [-0.15, -0.1) is 0 Å². The van der Waals surface area contributed by atoms with Gasteiger partial charge in [-0.05, 0) is 38.0 Å². The number of amides is 1. The molecule has 1 fully saturated rings. The van der Waals surface area contributed by atoms with E-state index in [1.165, 1.54) is 5.41 Å². The number of nitrogens with zero attached hydrogens (tertiary/aromatic N) is 1. The van der Waals surface area contributed by atoms with Gasteiger partial charge in [0.15, 0.2) is 9.84 Å². The summed E-state index contributed by atoms with van der Waals surface area (Å²) in [6.07, 6.45) is 3.43. The number of sulfone groups is 1. The molecule has 1 amide bonds. The van der Waals surface area contributed by atoms with Crippen molar-refractivity contribution in [3.63, 3.8) is 0 Å². The van der Waals surface area contributed by atoms with Crippen LogP contribution >= 0.6 is 0 Å². The summed E-state index contributed by atoms with van der Waals surface area (Å²) in [6, 6.07) is 7.27. The molecule has 5 heteroatoms. The van der Waals surface area contributed by atoms with Crippen molar-refractivity contribution in [1.29, 1.82) is 0 Å². The molecule has 0 radical (unpaired) electrons.